The van der Waals surface area contributed by atoms with Crippen LogP contribution in [0.3, 0.4) is 0 Å². The quantitative estimate of drug-likeness (QED) is 0.709. The summed E-state index contributed by atoms with van der Waals surface area (Å²) < 4.78 is 18.7. The van der Waals surface area contributed by atoms with Gasteiger partial charge in [0.1, 0.15) is 6.07 Å². The Balaban J connectivity index is 1.66. The molecule has 0 unspecified atom stereocenters. The molecule has 3 nitrogen and oxygen atoms in total. The molecule has 1 fully saturated rings. The summed E-state index contributed by atoms with van der Waals surface area (Å²) in [6.45, 7) is 0.581. The van der Waals surface area contributed by atoms with Gasteiger partial charge in [0.2, 0.25) is 0 Å². The Bertz CT molecular complexity index is 602. The minimum absolute atomic E-state index is 0.285. The highest BCUT2D eigenvalue weighted by atomic mass is 19.1. The lowest BCUT2D eigenvalue weighted by atomic mass is 9.84. The van der Waals surface area contributed by atoms with Crippen LogP contribution in [0.2, 0.25) is 0 Å². The average Bonchev–Trinajstić information content (AvgIpc) is 2.61. The van der Waals surface area contributed by atoms with E-state index in [1.807, 2.05) is 24.3 Å². The van der Waals surface area contributed by atoms with Crippen molar-refractivity contribution in [3.05, 3.63) is 47.3 Å². The number of ether oxygens (including phenoxy) is 1. The van der Waals surface area contributed by atoms with Crippen LogP contribution >= 0.6 is 0 Å². The Hall–Kier alpha value is -2.17. The highest BCUT2D eigenvalue weighted by Gasteiger charge is 2.21. The average molecular weight is 312 g/mol. The van der Waals surface area contributed by atoms with E-state index in [1.165, 1.54) is 12.1 Å². The molecule has 2 rings (SSSR count). The molecule has 0 saturated heterocycles. The second-order valence-corrected chi connectivity index (χ2v) is 6.00. The van der Waals surface area contributed by atoms with Gasteiger partial charge in [0.25, 0.3) is 0 Å². The van der Waals surface area contributed by atoms with Crippen LogP contribution in [0.1, 0.15) is 49.7 Å². The van der Waals surface area contributed by atoms with Gasteiger partial charge in [0.15, 0.2) is 5.83 Å². The number of hydrogen-bond acceptors (Lipinski definition) is 3. The largest absolute Gasteiger partial charge is 0.374 e. The predicted octanol–water partition coefficient (Wildman–Crippen LogP) is 4.79. The molecule has 1 aromatic carbocycles. The van der Waals surface area contributed by atoms with Crippen molar-refractivity contribution in [1.82, 2.24) is 0 Å². The number of benzene rings is 1. The first-order valence-corrected chi connectivity index (χ1v) is 8.07. The number of nitriles is 2. The first-order chi connectivity index (χ1) is 11.2. The third kappa shape index (κ3) is 5.85. The minimum Gasteiger partial charge on any atom is -0.374 e. The standard InChI is InChI=1S/C19H21FN2O/c20-18(13-22)3-1-2-15-8-10-19(11-9-15)23-14-17-6-4-16(12-21)5-7-17/h3-7,15,19H,1-2,8-11,14H2/t15-,19-. The Kier molecular flexibility index (Phi) is 6.78. The number of nitrogens with zero attached hydrogens (tertiary/aromatic N) is 2. The van der Waals surface area contributed by atoms with Gasteiger partial charge in [-0.2, -0.15) is 14.9 Å². The van der Waals surface area contributed by atoms with Crippen LogP contribution in [0.25, 0.3) is 0 Å². The molecule has 0 atom stereocenters. The van der Waals surface area contributed by atoms with E-state index in [0.29, 0.717) is 24.5 Å². The van der Waals surface area contributed by atoms with Gasteiger partial charge in [0, 0.05) is 0 Å². The van der Waals surface area contributed by atoms with Gasteiger partial charge in [-0.3, -0.25) is 0 Å². The summed E-state index contributed by atoms with van der Waals surface area (Å²) in [5.74, 6) is -0.0723. The van der Waals surface area contributed by atoms with Crippen molar-refractivity contribution in [1.29, 1.82) is 10.5 Å². The molecule has 23 heavy (non-hydrogen) atoms. The van der Waals surface area contributed by atoms with E-state index >= 15 is 0 Å². The Morgan fingerprint density at radius 2 is 1.87 bits per heavy atom. The van der Waals surface area contributed by atoms with Crippen molar-refractivity contribution >= 4 is 0 Å². The van der Waals surface area contributed by atoms with Crippen molar-refractivity contribution in [2.75, 3.05) is 0 Å². The molecular formula is C19H21FN2O. The van der Waals surface area contributed by atoms with E-state index in [1.54, 1.807) is 0 Å². The summed E-state index contributed by atoms with van der Waals surface area (Å²) >= 11 is 0. The van der Waals surface area contributed by atoms with Crippen LogP contribution in [-0.2, 0) is 11.3 Å². The zero-order chi connectivity index (χ0) is 16.5. The van der Waals surface area contributed by atoms with E-state index in [2.05, 4.69) is 6.07 Å². The topological polar surface area (TPSA) is 56.8 Å². The molecule has 0 bridgehead atoms. The number of halogens is 1. The van der Waals surface area contributed by atoms with E-state index in [4.69, 9.17) is 15.3 Å². The van der Waals surface area contributed by atoms with E-state index < -0.39 is 5.83 Å². The Labute approximate surface area is 137 Å². The van der Waals surface area contributed by atoms with Gasteiger partial charge in [-0.05, 0) is 68.2 Å². The molecule has 120 valence electrons. The lowest BCUT2D eigenvalue weighted by Gasteiger charge is -2.28. The number of allylic oxidation sites excluding steroid dienone is 2. The van der Waals surface area contributed by atoms with Crippen LogP contribution in [-0.4, -0.2) is 6.10 Å². The number of hydrogen-bond donors (Lipinski definition) is 0. The smallest absolute Gasteiger partial charge is 0.196 e. The normalized spacial score (nSPS) is 21.4. The van der Waals surface area contributed by atoms with Crippen molar-refractivity contribution < 1.29 is 9.13 Å². The second-order valence-electron chi connectivity index (χ2n) is 6.00. The summed E-state index contributed by atoms with van der Waals surface area (Å²) in [5.41, 5.74) is 1.75. The molecule has 0 radical (unpaired) electrons. The maximum absolute atomic E-state index is 12.7. The van der Waals surface area contributed by atoms with E-state index in [9.17, 15) is 4.39 Å². The predicted molar refractivity (Wildman–Crippen MR) is 85.7 cm³/mol. The van der Waals surface area contributed by atoms with Gasteiger partial charge < -0.3 is 4.74 Å². The summed E-state index contributed by atoms with van der Waals surface area (Å²) in [7, 11) is 0. The molecule has 1 aliphatic carbocycles. The van der Waals surface area contributed by atoms with Crippen LogP contribution in [0.5, 0.6) is 0 Å². The third-order valence-corrected chi connectivity index (χ3v) is 4.37. The van der Waals surface area contributed by atoms with Crippen LogP contribution < -0.4 is 0 Å². The summed E-state index contributed by atoms with van der Waals surface area (Å²) in [6.07, 6.45) is 7.51. The zero-order valence-corrected chi connectivity index (χ0v) is 13.2. The van der Waals surface area contributed by atoms with E-state index in [-0.39, 0.29) is 6.10 Å². The monoisotopic (exact) mass is 312 g/mol. The zero-order valence-electron chi connectivity index (χ0n) is 13.2. The maximum Gasteiger partial charge on any atom is 0.196 e. The molecule has 0 aromatic heterocycles. The van der Waals surface area contributed by atoms with E-state index in [0.717, 1.165) is 37.7 Å². The van der Waals surface area contributed by atoms with Gasteiger partial charge in [-0.25, -0.2) is 0 Å². The molecular weight excluding hydrogens is 291 g/mol. The fraction of sp³-hybridized carbons (Fsp3) is 0.474. The third-order valence-electron chi connectivity index (χ3n) is 4.37. The molecule has 0 amide bonds. The SMILES string of the molecule is N#CC(F)=CCC[C@H]1CC[C@H](OCc2ccc(C#N)cc2)CC1. The van der Waals surface area contributed by atoms with Crippen molar-refractivity contribution in [3.63, 3.8) is 0 Å². The lowest BCUT2D eigenvalue weighted by Crippen LogP contribution is -2.21. The Morgan fingerprint density at radius 1 is 1.17 bits per heavy atom. The molecule has 4 heteroatoms. The van der Waals surface area contributed by atoms with Gasteiger partial charge >= 0.3 is 0 Å². The minimum atomic E-state index is -0.676. The molecule has 0 heterocycles. The van der Waals surface area contributed by atoms with Gasteiger partial charge in [-0.1, -0.05) is 12.1 Å². The highest BCUT2D eigenvalue weighted by Crippen LogP contribution is 2.30. The van der Waals surface area contributed by atoms with Gasteiger partial charge in [0.05, 0.1) is 24.3 Å². The molecule has 1 saturated carbocycles. The number of rotatable bonds is 6. The molecule has 1 aliphatic rings. The summed E-state index contributed by atoms with van der Waals surface area (Å²) in [6, 6.07) is 11.1. The molecule has 0 N–H and O–H groups in total. The fourth-order valence-corrected chi connectivity index (χ4v) is 2.97. The molecule has 1 aromatic rings. The first-order valence-electron chi connectivity index (χ1n) is 8.07. The molecule has 0 aliphatic heterocycles. The summed E-state index contributed by atoms with van der Waals surface area (Å²) in [4.78, 5) is 0. The van der Waals surface area contributed by atoms with Crippen molar-refractivity contribution in [2.45, 2.75) is 51.2 Å². The highest BCUT2D eigenvalue weighted by molar-refractivity contribution is 5.31. The van der Waals surface area contributed by atoms with Crippen molar-refractivity contribution in [3.8, 4) is 12.1 Å². The lowest BCUT2D eigenvalue weighted by molar-refractivity contribution is 0.00646. The second kappa shape index (κ2) is 9.08. The maximum atomic E-state index is 12.7. The van der Waals surface area contributed by atoms with Crippen LogP contribution in [0.15, 0.2) is 36.2 Å². The fourth-order valence-electron chi connectivity index (χ4n) is 2.97. The molecule has 0 spiro atoms. The van der Waals surface area contributed by atoms with Crippen LogP contribution in [0, 0.1) is 28.6 Å². The van der Waals surface area contributed by atoms with Crippen molar-refractivity contribution in [2.24, 2.45) is 5.92 Å². The summed E-state index contributed by atoms with van der Waals surface area (Å²) in [5, 5.41) is 17.1. The van der Waals surface area contributed by atoms with Crippen LogP contribution in [0.4, 0.5) is 4.39 Å². The Morgan fingerprint density at radius 3 is 2.48 bits per heavy atom. The first kappa shape index (κ1) is 17.2. The van der Waals surface area contributed by atoms with Gasteiger partial charge in [-0.15, -0.1) is 0 Å².